The number of rotatable bonds is 3. The quantitative estimate of drug-likeness (QED) is 0.853. The van der Waals surface area contributed by atoms with Crippen molar-refractivity contribution in [2.75, 3.05) is 45.6 Å². The third kappa shape index (κ3) is 3.68. The van der Waals surface area contributed by atoms with Crippen molar-refractivity contribution in [2.45, 2.75) is 13.0 Å². The van der Waals surface area contributed by atoms with E-state index in [0.717, 1.165) is 31.1 Å². The van der Waals surface area contributed by atoms with E-state index < -0.39 is 0 Å². The second kappa shape index (κ2) is 5.98. The largest absolute Gasteiger partial charge is 0.373 e. The van der Waals surface area contributed by atoms with Gasteiger partial charge in [-0.2, -0.15) is 0 Å². The monoisotopic (exact) mass is 234 g/mol. The molecule has 1 saturated heterocycles. The van der Waals surface area contributed by atoms with Crippen LogP contribution >= 0.6 is 0 Å². The van der Waals surface area contributed by atoms with Gasteiger partial charge < -0.3 is 10.2 Å². The van der Waals surface area contributed by atoms with E-state index in [1.54, 1.807) is 0 Å². The van der Waals surface area contributed by atoms with Gasteiger partial charge in [-0.15, -0.1) is 0 Å². The van der Waals surface area contributed by atoms with Gasteiger partial charge in [-0.1, -0.05) is 6.07 Å². The van der Waals surface area contributed by atoms with Crippen LogP contribution in [-0.2, 0) is 6.54 Å². The number of anilines is 1. The Morgan fingerprint density at radius 3 is 2.94 bits per heavy atom. The first-order valence-corrected chi connectivity index (χ1v) is 6.32. The van der Waals surface area contributed by atoms with Crippen LogP contribution in [0.2, 0.25) is 0 Å². The van der Waals surface area contributed by atoms with E-state index in [0.29, 0.717) is 0 Å². The zero-order valence-corrected chi connectivity index (χ0v) is 10.8. The molecule has 0 atom stereocenters. The highest BCUT2D eigenvalue weighted by Crippen LogP contribution is 2.09. The first kappa shape index (κ1) is 12.3. The van der Waals surface area contributed by atoms with Crippen molar-refractivity contribution in [1.29, 1.82) is 0 Å². The standard InChI is InChI=1S/C13H22N4/c1-14-13-6-3-5-12(15-13)11-17-8-4-7-16(2)9-10-17/h3,5-6H,4,7-11H2,1-2H3,(H,14,15). The van der Waals surface area contributed by atoms with Gasteiger partial charge in [0.1, 0.15) is 5.82 Å². The van der Waals surface area contributed by atoms with Crippen LogP contribution in [0.25, 0.3) is 0 Å². The van der Waals surface area contributed by atoms with E-state index >= 15 is 0 Å². The minimum Gasteiger partial charge on any atom is -0.373 e. The summed E-state index contributed by atoms with van der Waals surface area (Å²) in [6.45, 7) is 5.65. The SMILES string of the molecule is CNc1cccc(CN2CCCN(C)CC2)n1. The average Bonchev–Trinajstić information content (AvgIpc) is 2.55. The topological polar surface area (TPSA) is 31.4 Å². The van der Waals surface area contributed by atoms with E-state index in [1.165, 1.54) is 19.5 Å². The van der Waals surface area contributed by atoms with Crippen LogP contribution in [0.15, 0.2) is 18.2 Å². The third-order valence-corrected chi connectivity index (χ3v) is 3.26. The molecule has 0 saturated carbocycles. The maximum atomic E-state index is 4.57. The lowest BCUT2D eigenvalue weighted by atomic mass is 10.3. The first-order valence-electron chi connectivity index (χ1n) is 6.32. The molecule has 2 rings (SSSR count). The van der Waals surface area contributed by atoms with Gasteiger partial charge in [0.05, 0.1) is 5.69 Å². The minimum atomic E-state index is 0.953. The summed E-state index contributed by atoms with van der Waals surface area (Å²) in [5, 5.41) is 3.09. The number of hydrogen-bond acceptors (Lipinski definition) is 4. The summed E-state index contributed by atoms with van der Waals surface area (Å²) >= 11 is 0. The Labute approximate surface area is 104 Å². The molecule has 1 N–H and O–H groups in total. The Kier molecular flexibility index (Phi) is 4.34. The Balaban J connectivity index is 1.94. The fourth-order valence-corrected chi connectivity index (χ4v) is 2.19. The van der Waals surface area contributed by atoms with Gasteiger partial charge >= 0.3 is 0 Å². The van der Waals surface area contributed by atoms with Gasteiger partial charge in [0.15, 0.2) is 0 Å². The molecule has 0 amide bonds. The van der Waals surface area contributed by atoms with Crippen LogP contribution in [-0.4, -0.2) is 55.1 Å². The van der Waals surface area contributed by atoms with Gasteiger partial charge in [0, 0.05) is 26.7 Å². The summed E-state index contributed by atoms with van der Waals surface area (Å²) < 4.78 is 0. The van der Waals surface area contributed by atoms with Crippen LogP contribution in [0.1, 0.15) is 12.1 Å². The highest BCUT2D eigenvalue weighted by Gasteiger charge is 2.12. The Morgan fingerprint density at radius 2 is 2.12 bits per heavy atom. The van der Waals surface area contributed by atoms with E-state index in [1.807, 2.05) is 13.1 Å². The van der Waals surface area contributed by atoms with E-state index in [9.17, 15) is 0 Å². The van der Waals surface area contributed by atoms with Gasteiger partial charge in [-0.25, -0.2) is 4.98 Å². The van der Waals surface area contributed by atoms with Crippen molar-refractivity contribution < 1.29 is 0 Å². The molecule has 0 bridgehead atoms. The van der Waals surface area contributed by atoms with Crippen molar-refractivity contribution in [3.05, 3.63) is 23.9 Å². The zero-order valence-electron chi connectivity index (χ0n) is 10.8. The molecule has 0 unspecified atom stereocenters. The maximum Gasteiger partial charge on any atom is 0.126 e. The smallest absolute Gasteiger partial charge is 0.126 e. The summed E-state index contributed by atoms with van der Waals surface area (Å²) in [5.74, 6) is 0.953. The van der Waals surface area contributed by atoms with Crippen molar-refractivity contribution in [3.63, 3.8) is 0 Å². The molecule has 2 heterocycles. The third-order valence-electron chi connectivity index (χ3n) is 3.26. The molecule has 1 fully saturated rings. The highest BCUT2D eigenvalue weighted by atomic mass is 15.2. The summed E-state index contributed by atoms with van der Waals surface area (Å²) in [5.41, 5.74) is 1.15. The lowest BCUT2D eigenvalue weighted by Crippen LogP contribution is -2.28. The summed E-state index contributed by atoms with van der Waals surface area (Å²) in [6, 6.07) is 6.17. The molecule has 1 aliphatic heterocycles. The molecule has 0 aromatic carbocycles. The first-order chi connectivity index (χ1) is 8.28. The van der Waals surface area contributed by atoms with Gasteiger partial charge in [-0.05, 0) is 38.7 Å². The maximum absolute atomic E-state index is 4.57. The lowest BCUT2D eigenvalue weighted by Gasteiger charge is -2.19. The van der Waals surface area contributed by atoms with Crippen LogP contribution in [0.4, 0.5) is 5.82 Å². The Hall–Kier alpha value is -1.13. The molecule has 17 heavy (non-hydrogen) atoms. The van der Waals surface area contributed by atoms with Crippen molar-refractivity contribution in [3.8, 4) is 0 Å². The molecule has 0 radical (unpaired) electrons. The molecule has 0 aliphatic carbocycles. The molecule has 4 heteroatoms. The van der Waals surface area contributed by atoms with E-state index in [-0.39, 0.29) is 0 Å². The van der Waals surface area contributed by atoms with Crippen LogP contribution in [0, 0.1) is 0 Å². The molecular weight excluding hydrogens is 212 g/mol. The van der Waals surface area contributed by atoms with E-state index in [4.69, 9.17) is 0 Å². The number of hydrogen-bond donors (Lipinski definition) is 1. The Bertz CT molecular complexity index is 353. The van der Waals surface area contributed by atoms with E-state index in [2.05, 4.69) is 39.3 Å². The number of likely N-dealkylation sites (N-methyl/N-ethyl adjacent to an activating group) is 1. The van der Waals surface area contributed by atoms with Gasteiger partial charge in [0.25, 0.3) is 0 Å². The number of nitrogens with zero attached hydrogens (tertiary/aromatic N) is 3. The van der Waals surface area contributed by atoms with Crippen LogP contribution in [0.3, 0.4) is 0 Å². The number of aromatic nitrogens is 1. The predicted octanol–water partition coefficient (Wildman–Crippen LogP) is 1.26. The lowest BCUT2D eigenvalue weighted by molar-refractivity contribution is 0.266. The Morgan fingerprint density at radius 1 is 1.24 bits per heavy atom. The van der Waals surface area contributed by atoms with Crippen molar-refractivity contribution >= 4 is 5.82 Å². The molecule has 4 nitrogen and oxygen atoms in total. The molecule has 1 aliphatic rings. The normalized spacial score (nSPS) is 18.9. The van der Waals surface area contributed by atoms with Gasteiger partial charge in [0.2, 0.25) is 0 Å². The number of pyridine rings is 1. The second-order valence-electron chi connectivity index (χ2n) is 4.70. The average molecular weight is 234 g/mol. The fourth-order valence-electron chi connectivity index (χ4n) is 2.19. The summed E-state index contributed by atoms with van der Waals surface area (Å²) in [7, 11) is 4.11. The minimum absolute atomic E-state index is 0.953. The number of nitrogens with one attached hydrogen (secondary N) is 1. The molecule has 94 valence electrons. The molecule has 0 spiro atoms. The van der Waals surface area contributed by atoms with Gasteiger partial charge in [-0.3, -0.25) is 4.90 Å². The summed E-state index contributed by atoms with van der Waals surface area (Å²) in [6.07, 6.45) is 1.25. The fraction of sp³-hybridized carbons (Fsp3) is 0.615. The molecule has 1 aromatic heterocycles. The highest BCUT2D eigenvalue weighted by molar-refractivity contribution is 5.34. The summed E-state index contributed by atoms with van der Waals surface area (Å²) in [4.78, 5) is 9.46. The molecular formula is C13H22N4. The van der Waals surface area contributed by atoms with Crippen LogP contribution in [0.5, 0.6) is 0 Å². The zero-order chi connectivity index (χ0) is 12.1. The molecule has 1 aromatic rings. The van der Waals surface area contributed by atoms with Crippen molar-refractivity contribution in [1.82, 2.24) is 14.8 Å². The predicted molar refractivity (Wildman–Crippen MR) is 71.2 cm³/mol. The van der Waals surface area contributed by atoms with Crippen molar-refractivity contribution in [2.24, 2.45) is 0 Å². The second-order valence-corrected chi connectivity index (χ2v) is 4.70. The van der Waals surface area contributed by atoms with Crippen LogP contribution < -0.4 is 5.32 Å².